The minimum absolute atomic E-state index is 0.110. The van der Waals surface area contributed by atoms with Crippen molar-refractivity contribution in [3.63, 3.8) is 0 Å². The molecule has 4 heteroatoms. The van der Waals surface area contributed by atoms with Crippen LogP contribution in [0.5, 0.6) is 0 Å². The van der Waals surface area contributed by atoms with Crippen LogP contribution in [-0.4, -0.2) is 20.9 Å². The minimum atomic E-state index is -0.980. The van der Waals surface area contributed by atoms with Gasteiger partial charge in [-0.25, -0.2) is 4.79 Å². The van der Waals surface area contributed by atoms with Gasteiger partial charge in [0.1, 0.15) is 0 Å². The molecule has 0 bridgehead atoms. The summed E-state index contributed by atoms with van der Waals surface area (Å²) in [5.41, 5.74) is 4.62. The van der Waals surface area contributed by atoms with Crippen molar-refractivity contribution in [3.05, 3.63) is 52.3 Å². The normalized spacial score (nSPS) is 11.1. The van der Waals surface area contributed by atoms with Gasteiger partial charge in [0, 0.05) is 5.69 Å². The molecule has 0 fully saturated rings. The molecule has 1 aromatic carbocycles. The Kier molecular flexibility index (Phi) is 3.93. The van der Waals surface area contributed by atoms with Crippen LogP contribution in [0.2, 0.25) is 0 Å². The fraction of sp³-hybridized carbons (Fsp3) is 0.375. The maximum atomic E-state index is 11.1. The van der Waals surface area contributed by atoms with Crippen molar-refractivity contribution < 1.29 is 9.90 Å². The molecular weight excluding hydrogens is 252 g/mol. The van der Waals surface area contributed by atoms with E-state index in [1.807, 2.05) is 13.8 Å². The van der Waals surface area contributed by atoms with Crippen LogP contribution in [0.1, 0.15) is 52.6 Å². The second kappa shape index (κ2) is 5.49. The lowest BCUT2D eigenvalue weighted by atomic mass is 10.1. The molecule has 0 saturated heterocycles. The minimum Gasteiger partial charge on any atom is -0.476 e. The number of rotatable bonds is 4. The first-order valence-corrected chi connectivity index (χ1v) is 6.75. The Balaban J connectivity index is 2.42. The summed E-state index contributed by atoms with van der Waals surface area (Å²) in [6, 6.07) is 7.95. The fourth-order valence-electron chi connectivity index (χ4n) is 2.26. The summed E-state index contributed by atoms with van der Waals surface area (Å²) in [6.45, 7) is 8.81. The lowest BCUT2D eigenvalue weighted by molar-refractivity contribution is 0.0689. The lowest BCUT2D eigenvalue weighted by Gasteiger charge is -2.12. The van der Waals surface area contributed by atoms with Crippen LogP contribution in [0.3, 0.4) is 0 Å². The van der Waals surface area contributed by atoms with Crippen LogP contribution in [0.25, 0.3) is 0 Å². The number of carboxylic acids is 1. The first-order valence-electron chi connectivity index (χ1n) is 6.75. The summed E-state index contributed by atoms with van der Waals surface area (Å²) in [6.07, 6.45) is 0. The Bertz CT molecular complexity index is 642. The molecule has 0 spiro atoms. The van der Waals surface area contributed by atoms with Crippen molar-refractivity contribution in [2.45, 2.75) is 40.2 Å². The zero-order chi connectivity index (χ0) is 14.9. The van der Waals surface area contributed by atoms with Gasteiger partial charge in [-0.3, -0.25) is 4.68 Å². The quantitative estimate of drug-likeness (QED) is 0.928. The molecule has 0 aliphatic heterocycles. The van der Waals surface area contributed by atoms with Crippen LogP contribution >= 0.6 is 0 Å². The van der Waals surface area contributed by atoms with E-state index < -0.39 is 5.97 Å². The Hall–Kier alpha value is -2.10. The van der Waals surface area contributed by atoms with Gasteiger partial charge < -0.3 is 5.11 Å². The first kappa shape index (κ1) is 14.3. The number of benzene rings is 1. The van der Waals surface area contributed by atoms with Crippen molar-refractivity contribution in [1.29, 1.82) is 0 Å². The SMILES string of the molecule is Cc1ccc(C)c(Cn2nc(C(=O)O)cc2C(C)C)c1. The number of nitrogens with zero attached hydrogens (tertiary/aromatic N) is 2. The van der Waals surface area contributed by atoms with Gasteiger partial charge in [-0.15, -0.1) is 0 Å². The van der Waals surface area contributed by atoms with Crippen LogP contribution in [-0.2, 0) is 6.54 Å². The molecule has 1 heterocycles. The summed E-state index contributed by atoms with van der Waals surface area (Å²) >= 11 is 0. The molecule has 20 heavy (non-hydrogen) atoms. The number of carbonyl (C=O) groups is 1. The third-order valence-electron chi connectivity index (χ3n) is 3.45. The maximum Gasteiger partial charge on any atom is 0.356 e. The second-order valence-electron chi connectivity index (χ2n) is 5.50. The third-order valence-corrected chi connectivity index (χ3v) is 3.45. The van der Waals surface area contributed by atoms with E-state index in [2.05, 4.69) is 37.1 Å². The first-order chi connectivity index (χ1) is 9.38. The summed E-state index contributed by atoms with van der Waals surface area (Å²) in [5.74, 6) is -0.743. The highest BCUT2D eigenvalue weighted by molar-refractivity contribution is 5.85. The average Bonchev–Trinajstić information content (AvgIpc) is 2.78. The second-order valence-corrected chi connectivity index (χ2v) is 5.50. The van der Waals surface area contributed by atoms with Crippen molar-refractivity contribution >= 4 is 5.97 Å². The number of aromatic carboxylic acids is 1. The van der Waals surface area contributed by atoms with E-state index in [-0.39, 0.29) is 11.6 Å². The van der Waals surface area contributed by atoms with E-state index in [4.69, 9.17) is 5.11 Å². The van der Waals surface area contributed by atoms with Gasteiger partial charge in [-0.05, 0) is 37.0 Å². The molecule has 2 rings (SSSR count). The van der Waals surface area contributed by atoms with E-state index in [0.29, 0.717) is 6.54 Å². The standard InChI is InChI=1S/C16H20N2O2/c1-10(2)15-8-14(16(19)20)17-18(15)9-13-7-11(3)5-6-12(13)4/h5-8,10H,9H2,1-4H3,(H,19,20). The summed E-state index contributed by atoms with van der Waals surface area (Å²) in [4.78, 5) is 11.1. The van der Waals surface area contributed by atoms with Crippen LogP contribution in [0.15, 0.2) is 24.3 Å². The highest BCUT2D eigenvalue weighted by Gasteiger charge is 2.16. The number of aromatic nitrogens is 2. The molecule has 0 saturated carbocycles. The summed E-state index contributed by atoms with van der Waals surface area (Å²) < 4.78 is 1.80. The van der Waals surface area contributed by atoms with E-state index in [1.165, 1.54) is 16.7 Å². The van der Waals surface area contributed by atoms with Gasteiger partial charge in [0.25, 0.3) is 0 Å². The Morgan fingerprint density at radius 1 is 1.30 bits per heavy atom. The molecule has 0 aliphatic rings. The predicted octanol–water partition coefficient (Wildman–Crippen LogP) is 3.37. The fourth-order valence-corrected chi connectivity index (χ4v) is 2.26. The van der Waals surface area contributed by atoms with Gasteiger partial charge in [0.2, 0.25) is 0 Å². The summed E-state index contributed by atoms with van der Waals surface area (Å²) in [5, 5.41) is 13.3. The van der Waals surface area contributed by atoms with Crippen molar-refractivity contribution in [1.82, 2.24) is 9.78 Å². The molecule has 1 aromatic heterocycles. The van der Waals surface area contributed by atoms with Gasteiger partial charge in [0.15, 0.2) is 5.69 Å². The molecule has 0 radical (unpaired) electrons. The van der Waals surface area contributed by atoms with Gasteiger partial charge >= 0.3 is 5.97 Å². The topological polar surface area (TPSA) is 55.1 Å². The predicted molar refractivity (Wildman–Crippen MR) is 78.3 cm³/mol. The van der Waals surface area contributed by atoms with Crippen LogP contribution in [0.4, 0.5) is 0 Å². The molecule has 4 nitrogen and oxygen atoms in total. The van der Waals surface area contributed by atoms with E-state index in [9.17, 15) is 4.79 Å². The van der Waals surface area contributed by atoms with E-state index in [1.54, 1.807) is 10.7 Å². The molecule has 106 valence electrons. The largest absolute Gasteiger partial charge is 0.476 e. The van der Waals surface area contributed by atoms with Crippen molar-refractivity contribution in [2.75, 3.05) is 0 Å². The zero-order valence-electron chi connectivity index (χ0n) is 12.3. The number of hydrogen-bond acceptors (Lipinski definition) is 2. The lowest BCUT2D eigenvalue weighted by Crippen LogP contribution is -2.09. The van der Waals surface area contributed by atoms with Crippen molar-refractivity contribution in [3.8, 4) is 0 Å². The van der Waals surface area contributed by atoms with E-state index >= 15 is 0 Å². The van der Waals surface area contributed by atoms with E-state index in [0.717, 1.165) is 5.69 Å². The molecule has 1 N–H and O–H groups in total. The van der Waals surface area contributed by atoms with Crippen LogP contribution in [0, 0.1) is 13.8 Å². The summed E-state index contributed by atoms with van der Waals surface area (Å²) in [7, 11) is 0. The van der Waals surface area contributed by atoms with Crippen molar-refractivity contribution in [2.24, 2.45) is 0 Å². The molecule has 0 unspecified atom stereocenters. The molecule has 0 atom stereocenters. The van der Waals surface area contributed by atoms with Crippen LogP contribution < -0.4 is 0 Å². The van der Waals surface area contributed by atoms with Gasteiger partial charge in [-0.2, -0.15) is 5.10 Å². The molecule has 2 aromatic rings. The van der Waals surface area contributed by atoms with Gasteiger partial charge in [0.05, 0.1) is 6.54 Å². The number of carboxylic acid groups (broad SMARTS) is 1. The highest BCUT2D eigenvalue weighted by Crippen LogP contribution is 2.19. The average molecular weight is 272 g/mol. The molecule has 0 amide bonds. The smallest absolute Gasteiger partial charge is 0.356 e. The molecular formula is C16H20N2O2. The Morgan fingerprint density at radius 3 is 2.60 bits per heavy atom. The third kappa shape index (κ3) is 2.90. The Labute approximate surface area is 119 Å². The number of aryl methyl sites for hydroxylation is 2. The maximum absolute atomic E-state index is 11.1. The monoisotopic (exact) mass is 272 g/mol. The number of hydrogen-bond donors (Lipinski definition) is 1. The molecule has 0 aliphatic carbocycles. The van der Waals surface area contributed by atoms with Gasteiger partial charge in [-0.1, -0.05) is 37.6 Å². The Morgan fingerprint density at radius 2 is 2.00 bits per heavy atom. The highest BCUT2D eigenvalue weighted by atomic mass is 16.4. The zero-order valence-corrected chi connectivity index (χ0v) is 12.3.